The number of sulfonamides is 1. The first-order chi connectivity index (χ1) is 13.4. The molecule has 1 aromatic carbocycles. The number of allylic oxidation sites excluding steroid dienone is 1. The number of esters is 1. The maximum absolute atomic E-state index is 13.4. The van der Waals surface area contributed by atoms with Crippen LogP contribution in [0.3, 0.4) is 0 Å². The lowest BCUT2D eigenvalue weighted by Gasteiger charge is -2.27. The quantitative estimate of drug-likeness (QED) is 0.389. The molecule has 0 aliphatic heterocycles. The summed E-state index contributed by atoms with van der Waals surface area (Å²) >= 11 is 4.07. The molecule has 0 saturated heterocycles. The minimum Gasteiger partial charge on any atom is -0.443 e. The van der Waals surface area contributed by atoms with Crippen molar-refractivity contribution in [1.29, 1.82) is 0 Å². The molecule has 9 heteroatoms. The van der Waals surface area contributed by atoms with Crippen LogP contribution in [-0.2, 0) is 19.6 Å². The van der Waals surface area contributed by atoms with Crippen LogP contribution >= 0.6 is 12.6 Å². The van der Waals surface area contributed by atoms with Crippen molar-refractivity contribution in [3.63, 3.8) is 0 Å². The molecule has 0 N–H and O–H groups in total. The molecule has 0 aromatic heterocycles. The lowest BCUT2D eigenvalue weighted by Crippen LogP contribution is -2.42. The van der Waals surface area contributed by atoms with Crippen molar-refractivity contribution in [3.8, 4) is 5.75 Å². The van der Waals surface area contributed by atoms with Gasteiger partial charge in [-0.2, -0.15) is 16.9 Å². The third kappa shape index (κ3) is 6.37. The molecule has 0 saturated carbocycles. The molecule has 0 heterocycles. The predicted molar refractivity (Wildman–Crippen MR) is 117 cm³/mol. The molecule has 160 valence electrons. The number of nitrogens with zero attached hydrogens (tertiary/aromatic N) is 1. The van der Waals surface area contributed by atoms with Gasteiger partial charge in [-0.3, -0.25) is 4.79 Å². The predicted octanol–water partition coefficient (Wildman–Crippen LogP) is 4.11. The Labute approximate surface area is 177 Å². The molecule has 1 amide bonds. The first-order valence-electron chi connectivity index (χ1n) is 8.86. The van der Waals surface area contributed by atoms with Crippen molar-refractivity contribution < 1.29 is 27.5 Å². The minimum atomic E-state index is -4.30. The summed E-state index contributed by atoms with van der Waals surface area (Å²) in [6, 6.07) is 4.63. The van der Waals surface area contributed by atoms with E-state index in [1.807, 2.05) is 0 Å². The average molecular weight is 442 g/mol. The molecule has 0 atom stereocenters. The molecule has 0 spiro atoms. The van der Waals surface area contributed by atoms with Crippen molar-refractivity contribution in [2.45, 2.75) is 40.2 Å². The SMILES string of the molecule is C=Cc1c(OC(C)=O)cccc1/C(=C\C)S(=O)(=O)N(CCS)C(=O)OC(C)(C)C. The molecule has 0 unspecified atom stereocenters. The maximum Gasteiger partial charge on any atom is 0.424 e. The van der Waals surface area contributed by atoms with Crippen LogP contribution in [0.2, 0.25) is 0 Å². The van der Waals surface area contributed by atoms with E-state index in [1.165, 1.54) is 32.1 Å². The molecule has 29 heavy (non-hydrogen) atoms. The van der Waals surface area contributed by atoms with Gasteiger partial charge in [-0.15, -0.1) is 0 Å². The van der Waals surface area contributed by atoms with E-state index in [0.717, 1.165) is 0 Å². The van der Waals surface area contributed by atoms with Crippen LogP contribution < -0.4 is 4.74 Å². The third-order valence-corrected chi connectivity index (χ3v) is 5.64. The number of amides is 1. The van der Waals surface area contributed by atoms with Crippen molar-refractivity contribution >= 4 is 45.7 Å². The highest BCUT2D eigenvalue weighted by atomic mass is 32.2. The molecular weight excluding hydrogens is 414 g/mol. The third-order valence-electron chi connectivity index (χ3n) is 3.52. The molecule has 1 rings (SSSR count). The van der Waals surface area contributed by atoms with E-state index in [1.54, 1.807) is 32.9 Å². The topological polar surface area (TPSA) is 90.0 Å². The number of hydrogen-bond acceptors (Lipinski definition) is 7. The maximum atomic E-state index is 13.4. The Morgan fingerprint density at radius 1 is 1.28 bits per heavy atom. The molecule has 0 aliphatic rings. The van der Waals surface area contributed by atoms with Crippen LogP contribution in [0.25, 0.3) is 11.0 Å². The summed E-state index contributed by atoms with van der Waals surface area (Å²) < 4.78 is 37.8. The van der Waals surface area contributed by atoms with E-state index in [0.29, 0.717) is 9.87 Å². The van der Waals surface area contributed by atoms with Gasteiger partial charge in [0.05, 0.1) is 4.91 Å². The fraction of sp³-hybridized carbons (Fsp3) is 0.400. The van der Waals surface area contributed by atoms with Gasteiger partial charge in [0.25, 0.3) is 10.0 Å². The van der Waals surface area contributed by atoms with Crippen molar-refractivity contribution in [2.75, 3.05) is 12.3 Å². The molecule has 7 nitrogen and oxygen atoms in total. The molecule has 0 aliphatic carbocycles. The van der Waals surface area contributed by atoms with E-state index in [9.17, 15) is 18.0 Å². The van der Waals surface area contributed by atoms with E-state index >= 15 is 0 Å². The molecule has 0 radical (unpaired) electrons. The van der Waals surface area contributed by atoms with Gasteiger partial charge in [-0.25, -0.2) is 13.2 Å². The monoisotopic (exact) mass is 441 g/mol. The summed E-state index contributed by atoms with van der Waals surface area (Å²) in [5.41, 5.74) is -0.317. The Kier molecular flexibility index (Phi) is 8.52. The van der Waals surface area contributed by atoms with Crippen LogP contribution in [0.5, 0.6) is 5.75 Å². The van der Waals surface area contributed by atoms with Crippen LogP contribution in [-0.4, -0.2) is 42.7 Å². The summed E-state index contributed by atoms with van der Waals surface area (Å²) in [6.07, 6.45) is 1.76. The fourth-order valence-corrected chi connectivity index (χ4v) is 4.38. The summed E-state index contributed by atoms with van der Waals surface area (Å²) in [7, 11) is -4.30. The molecule has 0 fully saturated rings. The van der Waals surface area contributed by atoms with E-state index < -0.39 is 27.7 Å². The van der Waals surface area contributed by atoms with Gasteiger partial charge in [0.2, 0.25) is 0 Å². The number of thiol groups is 1. The highest BCUT2D eigenvalue weighted by molar-refractivity contribution is 7.99. The van der Waals surface area contributed by atoms with Crippen LogP contribution in [0, 0.1) is 0 Å². The van der Waals surface area contributed by atoms with Crippen molar-refractivity contribution in [1.82, 2.24) is 4.31 Å². The Morgan fingerprint density at radius 3 is 2.34 bits per heavy atom. The Balaban J connectivity index is 3.56. The number of ether oxygens (including phenoxy) is 2. The lowest BCUT2D eigenvalue weighted by atomic mass is 10.1. The highest BCUT2D eigenvalue weighted by Crippen LogP contribution is 2.33. The van der Waals surface area contributed by atoms with Gasteiger partial charge in [-0.05, 0) is 33.8 Å². The van der Waals surface area contributed by atoms with Crippen molar-refractivity contribution in [2.24, 2.45) is 0 Å². The number of rotatable bonds is 7. The Bertz CT molecular complexity index is 913. The van der Waals surface area contributed by atoms with E-state index in [-0.39, 0.29) is 28.5 Å². The van der Waals surface area contributed by atoms with Gasteiger partial charge in [0, 0.05) is 30.3 Å². The number of carbonyl (C=O) groups is 2. The zero-order valence-corrected chi connectivity index (χ0v) is 19.0. The average Bonchev–Trinajstić information content (AvgIpc) is 2.58. The fourth-order valence-electron chi connectivity index (χ4n) is 2.49. The van der Waals surface area contributed by atoms with Gasteiger partial charge in [0.1, 0.15) is 11.4 Å². The van der Waals surface area contributed by atoms with Gasteiger partial charge < -0.3 is 9.47 Å². The highest BCUT2D eigenvalue weighted by Gasteiger charge is 2.35. The minimum absolute atomic E-state index is 0.108. The lowest BCUT2D eigenvalue weighted by molar-refractivity contribution is -0.131. The summed E-state index contributed by atoms with van der Waals surface area (Å²) in [5, 5.41) is 0. The second-order valence-corrected chi connectivity index (χ2v) is 9.23. The molecular formula is C20H27NO6S2. The number of hydrogen-bond donors (Lipinski definition) is 1. The second-order valence-electron chi connectivity index (χ2n) is 6.95. The van der Waals surface area contributed by atoms with E-state index in [2.05, 4.69) is 19.2 Å². The summed E-state index contributed by atoms with van der Waals surface area (Å²) in [5.74, 6) is -0.282. The van der Waals surface area contributed by atoms with Crippen molar-refractivity contribution in [3.05, 3.63) is 42.0 Å². The first kappa shape index (κ1) is 24.8. The first-order valence-corrected chi connectivity index (χ1v) is 10.9. The van der Waals surface area contributed by atoms with Gasteiger partial charge in [-0.1, -0.05) is 30.9 Å². The zero-order chi connectivity index (χ0) is 22.4. The molecule has 1 aromatic rings. The summed E-state index contributed by atoms with van der Waals surface area (Å²) in [4.78, 5) is 23.8. The number of carbonyl (C=O) groups excluding carboxylic acids is 2. The summed E-state index contributed by atoms with van der Waals surface area (Å²) in [6.45, 7) is 11.2. The van der Waals surface area contributed by atoms with Gasteiger partial charge >= 0.3 is 12.1 Å². The second kappa shape index (κ2) is 9.98. The van der Waals surface area contributed by atoms with Crippen LogP contribution in [0.15, 0.2) is 30.9 Å². The Hall–Kier alpha value is -2.26. The largest absolute Gasteiger partial charge is 0.443 e. The van der Waals surface area contributed by atoms with Crippen LogP contribution in [0.4, 0.5) is 4.79 Å². The Morgan fingerprint density at radius 2 is 1.90 bits per heavy atom. The standard InChI is InChI=1S/C20H27NO6S2/c1-7-15-16(10-9-11-17(15)26-14(3)22)18(8-2)29(24,25)21(12-13-28)19(23)27-20(4,5)6/h7-11,28H,1,12-13H2,2-6H3/b18-8+. The van der Waals surface area contributed by atoms with Crippen LogP contribution in [0.1, 0.15) is 45.7 Å². The van der Waals surface area contributed by atoms with Gasteiger partial charge in [0.15, 0.2) is 0 Å². The smallest absolute Gasteiger partial charge is 0.424 e. The zero-order valence-electron chi connectivity index (χ0n) is 17.3. The molecule has 0 bridgehead atoms. The normalized spacial score (nSPS) is 12.3. The number of benzene rings is 1. The van der Waals surface area contributed by atoms with E-state index in [4.69, 9.17) is 9.47 Å².